The summed E-state index contributed by atoms with van der Waals surface area (Å²) in [7, 11) is 0. The van der Waals surface area contributed by atoms with Gasteiger partial charge in [-0.2, -0.15) is 0 Å². The van der Waals surface area contributed by atoms with Crippen molar-refractivity contribution in [1.29, 1.82) is 0 Å². The van der Waals surface area contributed by atoms with E-state index in [1.807, 2.05) is 6.92 Å². The van der Waals surface area contributed by atoms with Gasteiger partial charge in [0.05, 0.1) is 6.42 Å². The Bertz CT molecular complexity index is 292. The van der Waals surface area contributed by atoms with Crippen molar-refractivity contribution in [2.24, 2.45) is 5.92 Å². The highest BCUT2D eigenvalue weighted by molar-refractivity contribution is 5.75. The number of hydrogen-bond acceptors (Lipinski definition) is 3. The third-order valence-corrected chi connectivity index (χ3v) is 3.00. The Kier molecular flexibility index (Phi) is 7.25. The Balaban J connectivity index is 2.09. The van der Waals surface area contributed by atoms with E-state index in [1.54, 1.807) is 0 Å². The fraction of sp³-hybridized carbons (Fsp3) is 0.846. The van der Waals surface area contributed by atoms with Crippen molar-refractivity contribution >= 4 is 12.0 Å². The Morgan fingerprint density at radius 1 is 1.37 bits per heavy atom. The molecule has 1 aliphatic rings. The molecule has 0 aliphatic heterocycles. The van der Waals surface area contributed by atoms with Crippen LogP contribution in [0, 0.1) is 5.92 Å². The van der Waals surface area contributed by atoms with E-state index in [9.17, 15) is 9.59 Å². The first-order valence-corrected chi connectivity index (χ1v) is 6.97. The Hall–Kier alpha value is -1.30. The molecule has 0 aromatic rings. The molecule has 2 amide bonds. The highest BCUT2D eigenvalue weighted by Gasteiger charge is 2.33. The molecule has 6 nitrogen and oxygen atoms in total. The molecule has 1 saturated carbocycles. The van der Waals surface area contributed by atoms with Crippen LogP contribution in [0.15, 0.2) is 0 Å². The lowest BCUT2D eigenvalue weighted by molar-refractivity contribution is -0.137. The molecule has 0 bridgehead atoms. The van der Waals surface area contributed by atoms with Crippen LogP contribution < -0.4 is 10.6 Å². The molecular formula is C13H24N2O4. The van der Waals surface area contributed by atoms with Crippen molar-refractivity contribution in [2.45, 2.75) is 45.1 Å². The number of aliphatic carboxylic acids is 1. The molecule has 1 fully saturated rings. The zero-order chi connectivity index (χ0) is 14.1. The third-order valence-electron chi connectivity index (χ3n) is 3.00. The predicted molar refractivity (Wildman–Crippen MR) is 71.0 cm³/mol. The quantitative estimate of drug-likeness (QED) is 0.524. The monoisotopic (exact) mass is 272 g/mol. The van der Waals surface area contributed by atoms with E-state index in [1.165, 1.54) is 0 Å². The first kappa shape index (κ1) is 15.8. The van der Waals surface area contributed by atoms with Crippen LogP contribution in [0.5, 0.6) is 0 Å². The molecule has 1 rings (SSSR count). The van der Waals surface area contributed by atoms with Gasteiger partial charge in [0, 0.05) is 25.8 Å². The van der Waals surface area contributed by atoms with Crippen LogP contribution in [0.4, 0.5) is 4.79 Å². The van der Waals surface area contributed by atoms with Crippen LogP contribution in [0.2, 0.25) is 0 Å². The van der Waals surface area contributed by atoms with E-state index in [4.69, 9.17) is 9.84 Å². The summed E-state index contributed by atoms with van der Waals surface area (Å²) in [6.07, 6.45) is 3.76. The van der Waals surface area contributed by atoms with Crippen molar-refractivity contribution in [3.05, 3.63) is 0 Å². The smallest absolute Gasteiger partial charge is 0.315 e. The fourth-order valence-corrected chi connectivity index (χ4v) is 1.86. The molecule has 0 heterocycles. The minimum absolute atomic E-state index is 0.00228. The van der Waals surface area contributed by atoms with E-state index in [-0.39, 0.29) is 18.5 Å². The van der Waals surface area contributed by atoms with Crippen LogP contribution >= 0.6 is 0 Å². The zero-order valence-electron chi connectivity index (χ0n) is 11.5. The number of carboxylic acid groups (broad SMARTS) is 1. The molecule has 19 heavy (non-hydrogen) atoms. The summed E-state index contributed by atoms with van der Waals surface area (Å²) in [6.45, 7) is 3.97. The number of carbonyl (C=O) groups is 2. The maximum absolute atomic E-state index is 11.6. The average molecular weight is 272 g/mol. The molecule has 1 aliphatic carbocycles. The number of hydrogen-bond donors (Lipinski definition) is 3. The molecule has 6 heteroatoms. The fourth-order valence-electron chi connectivity index (χ4n) is 1.86. The van der Waals surface area contributed by atoms with Gasteiger partial charge in [-0.05, 0) is 31.6 Å². The van der Waals surface area contributed by atoms with Gasteiger partial charge in [0.1, 0.15) is 0 Å². The van der Waals surface area contributed by atoms with E-state index in [0.29, 0.717) is 19.1 Å². The summed E-state index contributed by atoms with van der Waals surface area (Å²) in [4.78, 5) is 22.3. The van der Waals surface area contributed by atoms with Crippen molar-refractivity contribution in [2.75, 3.05) is 19.8 Å². The van der Waals surface area contributed by atoms with Gasteiger partial charge in [-0.15, -0.1) is 0 Å². The standard InChI is InChI=1S/C13H24N2O4/c1-2-7-19-8-3-6-14-13(18)15-11(9-12(16)17)10-4-5-10/h10-11H,2-9H2,1H3,(H,16,17)(H2,14,15,18). The maximum Gasteiger partial charge on any atom is 0.315 e. The second-order valence-electron chi connectivity index (χ2n) is 4.91. The maximum atomic E-state index is 11.6. The molecule has 0 saturated heterocycles. The first-order valence-electron chi connectivity index (χ1n) is 6.97. The number of amides is 2. The Morgan fingerprint density at radius 3 is 2.68 bits per heavy atom. The van der Waals surface area contributed by atoms with Crippen LogP contribution in [-0.2, 0) is 9.53 Å². The van der Waals surface area contributed by atoms with Crippen molar-refractivity contribution in [1.82, 2.24) is 10.6 Å². The lowest BCUT2D eigenvalue weighted by Crippen LogP contribution is -2.44. The van der Waals surface area contributed by atoms with Gasteiger partial charge in [-0.1, -0.05) is 6.92 Å². The molecule has 3 N–H and O–H groups in total. The number of carboxylic acids is 1. The molecule has 0 radical (unpaired) electrons. The number of carbonyl (C=O) groups excluding carboxylic acids is 1. The van der Waals surface area contributed by atoms with Crippen LogP contribution in [0.3, 0.4) is 0 Å². The second kappa shape index (κ2) is 8.74. The van der Waals surface area contributed by atoms with Crippen molar-refractivity contribution in [3.63, 3.8) is 0 Å². The Morgan fingerprint density at radius 2 is 2.11 bits per heavy atom. The van der Waals surface area contributed by atoms with E-state index >= 15 is 0 Å². The molecular weight excluding hydrogens is 248 g/mol. The van der Waals surface area contributed by atoms with Crippen molar-refractivity contribution in [3.8, 4) is 0 Å². The summed E-state index contributed by atoms with van der Waals surface area (Å²) in [6, 6.07) is -0.525. The summed E-state index contributed by atoms with van der Waals surface area (Å²) in [5.41, 5.74) is 0. The molecule has 0 aromatic heterocycles. The minimum Gasteiger partial charge on any atom is -0.481 e. The number of ether oxygens (including phenoxy) is 1. The van der Waals surface area contributed by atoms with Crippen LogP contribution in [0.1, 0.15) is 39.0 Å². The number of urea groups is 1. The topological polar surface area (TPSA) is 87.7 Å². The summed E-state index contributed by atoms with van der Waals surface area (Å²) in [5.74, 6) is -0.542. The van der Waals surface area contributed by atoms with Gasteiger partial charge in [-0.3, -0.25) is 4.79 Å². The molecule has 0 aromatic carbocycles. The summed E-state index contributed by atoms with van der Waals surface area (Å²) >= 11 is 0. The summed E-state index contributed by atoms with van der Waals surface area (Å²) < 4.78 is 5.30. The van der Waals surface area contributed by atoms with Crippen LogP contribution in [0.25, 0.3) is 0 Å². The van der Waals surface area contributed by atoms with Crippen molar-refractivity contribution < 1.29 is 19.4 Å². The lowest BCUT2D eigenvalue weighted by Gasteiger charge is -2.16. The Labute approximate surface area is 113 Å². The zero-order valence-corrected chi connectivity index (χ0v) is 11.5. The first-order chi connectivity index (χ1) is 9.13. The van der Waals surface area contributed by atoms with Gasteiger partial charge >= 0.3 is 12.0 Å². The van der Waals surface area contributed by atoms with E-state index in [0.717, 1.165) is 32.3 Å². The second-order valence-corrected chi connectivity index (χ2v) is 4.91. The molecule has 1 unspecified atom stereocenters. The van der Waals surface area contributed by atoms with Crippen LogP contribution in [-0.4, -0.2) is 42.9 Å². The predicted octanol–water partition coefficient (Wildman–Crippen LogP) is 1.36. The molecule has 0 spiro atoms. The highest BCUT2D eigenvalue weighted by Crippen LogP contribution is 2.33. The minimum atomic E-state index is -0.870. The van der Waals surface area contributed by atoms with E-state index in [2.05, 4.69) is 10.6 Å². The lowest BCUT2D eigenvalue weighted by atomic mass is 10.1. The van der Waals surface area contributed by atoms with E-state index < -0.39 is 5.97 Å². The van der Waals surface area contributed by atoms with Gasteiger partial charge in [0.2, 0.25) is 0 Å². The number of rotatable bonds is 10. The normalized spacial score (nSPS) is 15.8. The molecule has 110 valence electrons. The van der Waals surface area contributed by atoms with Gasteiger partial charge < -0.3 is 20.5 Å². The highest BCUT2D eigenvalue weighted by atomic mass is 16.5. The third kappa shape index (κ3) is 7.66. The van der Waals surface area contributed by atoms with Gasteiger partial charge in [0.25, 0.3) is 0 Å². The van der Waals surface area contributed by atoms with Gasteiger partial charge in [-0.25, -0.2) is 4.79 Å². The largest absolute Gasteiger partial charge is 0.481 e. The average Bonchev–Trinajstić information content (AvgIpc) is 3.16. The molecule has 1 atom stereocenters. The number of nitrogens with one attached hydrogen (secondary N) is 2. The van der Waals surface area contributed by atoms with Gasteiger partial charge in [0.15, 0.2) is 0 Å². The SMILES string of the molecule is CCCOCCCNC(=O)NC(CC(=O)O)C1CC1. The summed E-state index contributed by atoms with van der Waals surface area (Å²) in [5, 5.41) is 14.2.